The first-order valence-corrected chi connectivity index (χ1v) is 11.4. The normalized spacial score (nSPS) is 10.9. The van der Waals surface area contributed by atoms with Crippen LogP contribution in [0.25, 0.3) is 0 Å². The van der Waals surface area contributed by atoms with Gasteiger partial charge in [0.25, 0.3) is 5.56 Å². The number of hydrogen-bond acceptors (Lipinski definition) is 4. The van der Waals surface area contributed by atoms with Gasteiger partial charge in [-0.15, -0.1) is 0 Å². The van der Waals surface area contributed by atoms with E-state index < -0.39 is 0 Å². The standard InChI is InChI=1S/C24H29N3OS/c1-19-13-14-21(17-25-19)16-22-18-26-24(27-23(22)28)29-15-9-4-2-3-6-10-20-11-7-5-8-12-20/h5,7-8,11-14,17-18H,2-4,6,9-10,15-16H2,1H3,(H,26,27,28). The zero-order chi connectivity index (χ0) is 20.3. The lowest BCUT2D eigenvalue weighted by Crippen LogP contribution is -2.14. The van der Waals surface area contributed by atoms with E-state index in [2.05, 4.69) is 45.3 Å². The van der Waals surface area contributed by atoms with E-state index >= 15 is 0 Å². The molecule has 3 rings (SSSR count). The summed E-state index contributed by atoms with van der Waals surface area (Å²) in [4.78, 5) is 23.9. The highest BCUT2D eigenvalue weighted by atomic mass is 32.2. The summed E-state index contributed by atoms with van der Waals surface area (Å²) in [6.07, 6.45) is 11.4. The number of aromatic amines is 1. The van der Waals surface area contributed by atoms with Gasteiger partial charge in [-0.3, -0.25) is 9.78 Å². The molecule has 2 heterocycles. The van der Waals surface area contributed by atoms with E-state index in [0.717, 1.165) is 23.4 Å². The number of pyridine rings is 1. The molecule has 152 valence electrons. The van der Waals surface area contributed by atoms with Crippen molar-refractivity contribution in [3.63, 3.8) is 0 Å². The van der Waals surface area contributed by atoms with Crippen LogP contribution in [0.3, 0.4) is 0 Å². The second kappa shape index (κ2) is 11.6. The predicted octanol–water partition coefficient (Wildman–Crippen LogP) is 5.35. The van der Waals surface area contributed by atoms with Crippen molar-refractivity contribution in [2.24, 2.45) is 0 Å². The topological polar surface area (TPSA) is 58.6 Å². The average Bonchev–Trinajstić information content (AvgIpc) is 2.74. The van der Waals surface area contributed by atoms with Gasteiger partial charge in [0.15, 0.2) is 5.16 Å². The molecule has 2 aromatic heterocycles. The molecule has 3 aromatic rings. The van der Waals surface area contributed by atoms with Crippen molar-refractivity contribution in [1.82, 2.24) is 15.0 Å². The lowest BCUT2D eigenvalue weighted by Gasteiger charge is -2.04. The highest BCUT2D eigenvalue weighted by molar-refractivity contribution is 7.99. The molecule has 0 aliphatic carbocycles. The van der Waals surface area contributed by atoms with Gasteiger partial charge in [-0.25, -0.2) is 4.98 Å². The van der Waals surface area contributed by atoms with E-state index in [1.807, 2.05) is 25.3 Å². The number of hydrogen-bond donors (Lipinski definition) is 1. The molecule has 0 saturated carbocycles. The van der Waals surface area contributed by atoms with Crippen LogP contribution in [0.1, 0.15) is 54.5 Å². The van der Waals surface area contributed by atoms with Gasteiger partial charge >= 0.3 is 0 Å². The largest absolute Gasteiger partial charge is 0.301 e. The number of thioether (sulfide) groups is 1. The minimum Gasteiger partial charge on any atom is -0.301 e. The number of rotatable bonds is 11. The van der Waals surface area contributed by atoms with Crippen molar-refractivity contribution in [2.75, 3.05) is 5.75 Å². The first-order valence-electron chi connectivity index (χ1n) is 10.4. The Balaban J connectivity index is 1.32. The van der Waals surface area contributed by atoms with Crippen LogP contribution in [-0.2, 0) is 12.8 Å². The van der Waals surface area contributed by atoms with Crippen molar-refractivity contribution in [3.05, 3.63) is 87.6 Å². The van der Waals surface area contributed by atoms with Crippen LogP contribution in [0.2, 0.25) is 0 Å². The zero-order valence-electron chi connectivity index (χ0n) is 17.1. The first-order chi connectivity index (χ1) is 14.2. The number of unbranched alkanes of at least 4 members (excludes halogenated alkanes) is 4. The molecule has 29 heavy (non-hydrogen) atoms. The predicted molar refractivity (Wildman–Crippen MR) is 121 cm³/mol. The molecular formula is C24H29N3OS. The monoisotopic (exact) mass is 407 g/mol. The molecule has 0 spiro atoms. The number of nitrogens with one attached hydrogen (secondary N) is 1. The number of H-pyrrole nitrogens is 1. The maximum Gasteiger partial charge on any atom is 0.255 e. The van der Waals surface area contributed by atoms with Crippen molar-refractivity contribution < 1.29 is 0 Å². The summed E-state index contributed by atoms with van der Waals surface area (Å²) in [5, 5.41) is 0.713. The van der Waals surface area contributed by atoms with Gasteiger partial charge in [0.1, 0.15) is 0 Å². The van der Waals surface area contributed by atoms with Crippen molar-refractivity contribution in [3.8, 4) is 0 Å². The van der Waals surface area contributed by atoms with E-state index in [4.69, 9.17) is 0 Å². The van der Waals surface area contributed by atoms with E-state index in [0.29, 0.717) is 17.1 Å². The van der Waals surface area contributed by atoms with Gasteiger partial charge in [0.05, 0.1) is 0 Å². The minimum atomic E-state index is -0.0519. The van der Waals surface area contributed by atoms with Crippen LogP contribution >= 0.6 is 11.8 Å². The van der Waals surface area contributed by atoms with Crippen LogP contribution in [0.15, 0.2) is 64.8 Å². The Bertz CT molecular complexity index is 923. The van der Waals surface area contributed by atoms with Gasteiger partial charge in [-0.2, -0.15) is 0 Å². The first kappa shape index (κ1) is 21.3. The number of benzene rings is 1. The molecule has 0 aliphatic rings. The van der Waals surface area contributed by atoms with E-state index in [1.165, 1.54) is 37.7 Å². The molecule has 0 unspecified atom stereocenters. The minimum absolute atomic E-state index is 0.0519. The molecule has 0 amide bonds. The Hall–Kier alpha value is -2.40. The summed E-state index contributed by atoms with van der Waals surface area (Å²) < 4.78 is 0. The van der Waals surface area contributed by atoms with Gasteiger partial charge in [0.2, 0.25) is 0 Å². The SMILES string of the molecule is Cc1ccc(Cc2cnc(SCCCCCCCc3ccccc3)[nH]c2=O)cn1. The molecule has 0 bridgehead atoms. The maximum atomic E-state index is 12.3. The van der Waals surface area contributed by atoms with Crippen LogP contribution < -0.4 is 5.56 Å². The van der Waals surface area contributed by atoms with Gasteiger partial charge < -0.3 is 4.98 Å². The second-order valence-corrected chi connectivity index (χ2v) is 8.46. The van der Waals surface area contributed by atoms with Crippen LogP contribution in [0, 0.1) is 6.92 Å². The molecule has 0 atom stereocenters. The number of nitrogens with zero attached hydrogens (tertiary/aromatic N) is 2. The van der Waals surface area contributed by atoms with E-state index in [9.17, 15) is 4.79 Å². The Morgan fingerprint density at radius 3 is 2.41 bits per heavy atom. The summed E-state index contributed by atoms with van der Waals surface area (Å²) in [6.45, 7) is 1.95. The molecule has 1 N–H and O–H groups in total. The van der Waals surface area contributed by atoms with E-state index in [-0.39, 0.29) is 5.56 Å². The second-order valence-electron chi connectivity index (χ2n) is 7.38. The third kappa shape index (κ3) is 7.50. The van der Waals surface area contributed by atoms with Crippen LogP contribution in [0.5, 0.6) is 0 Å². The highest BCUT2D eigenvalue weighted by Gasteiger charge is 2.05. The van der Waals surface area contributed by atoms with Gasteiger partial charge in [-0.1, -0.05) is 67.4 Å². The van der Waals surface area contributed by atoms with Gasteiger partial charge in [-0.05, 0) is 43.4 Å². The third-order valence-corrected chi connectivity index (χ3v) is 5.88. The Morgan fingerprint density at radius 1 is 0.862 bits per heavy atom. The lowest BCUT2D eigenvalue weighted by molar-refractivity contribution is 0.634. The summed E-state index contributed by atoms with van der Waals surface area (Å²) in [7, 11) is 0. The van der Waals surface area contributed by atoms with Crippen LogP contribution in [-0.4, -0.2) is 20.7 Å². The lowest BCUT2D eigenvalue weighted by atomic mass is 10.1. The summed E-state index contributed by atoms with van der Waals surface area (Å²) in [6, 6.07) is 14.7. The number of aryl methyl sites for hydroxylation is 2. The molecule has 0 fully saturated rings. The molecule has 1 aromatic carbocycles. The fourth-order valence-electron chi connectivity index (χ4n) is 3.20. The fourth-order valence-corrected chi connectivity index (χ4v) is 4.04. The molecule has 4 nitrogen and oxygen atoms in total. The molecule has 5 heteroatoms. The Morgan fingerprint density at radius 2 is 1.66 bits per heavy atom. The highest BCUT2D eigenvalue weighted by Crippen LogP contribution is 2.16. The number of aromatic nitrogens is 3. The summed E-state index contributed by atoms with van der Waals surface area (Å²) >= 11 is 1.63. The fraction of sp³-hybridized carbons (Fsp3) is 0.375. The average molecular weight is 408 g/mol. The van der Waals surface area contributed by atoms with Gasteiger partial charge in [0, 0.05) is 35.8 Å². The van der Waals surface area contributed by atoms with Crippen molar-refractivity contribution >= 4 is 11.8 Å². The maximum absolute atomic E-state index is 12.3. The quantitative estimate of drug-likeness (QED) is 0.264. The Kier molecular flexibility index (Phi) is 8.50. The molecule has 0 aliphatic heterocycles. The smallest absolute Gasteiger partial charge is 0.255 e. The third-order valence-electron chi connectivity index (χ3n) is 4.91. The van der Waals surface area contributed by atoms with Crippen molar-refractivity contribution in [2.45, 2.75) is 57.0 Å². The molecular weight excluding hydrogens is 378 g/mol. The summed E-state index contributed by atoms with van der Waals surface area (Å²) in [5.74, 6) is 0.989. The Labute approximate surface area is 177 Å². The summed E-state index contributed by atoms with van der Waals surface area (Å²) in [5.41, 5.74) is 4.06. The molecule has 0 radical (unpaired) electrons. The van der Waals surface area contributed by atoms with Crippen molar-refractivity contribution in [1.29, 1.82) is 0 Å². The van der Waals surface area contributed by atoms with Crippen LogP contribution in [0.4, 0.5) is 0 Å². The van der Waals surface area contributed by atoms with E-state index in [1.54, 1.807) is 18.0 Å². The molecule has 0 saturated heterocycles. The zero-order valence-corrected chi connectivity index (χ0v) is 17.9.